The number of rotatable bonds is 3. The van der Waals surface area contributed by atoms with Crippen molar-refractivity contribution in [1.82, 2.24) is 10.2 Å². The first-order valence-corrected chi connectivity index (χ1v) is 6.19. The van der Waals surface area contributed by atoms with Crippen LogP contribution in [0.4, 0.5) is 0 Å². The second kappa shape index (κ2) is 4.21. The lowest BCUT2D eigenvalue weighted by molar-refractivity contribution is -0.135. The highest BCUT2D eigenvalue weighted by molar-refractivity contribution is 5.77. The number of carbonyl (C=O) groups excluding carboxylic acids is 1. The van der Waals surface area contributed by atoms with Gasteiger partial charge < -0.3 is 10.2 Å². The molecule has 2 aliphatic heterocycles. The molecular formula is C13H22N2O. The van der Waals surface area contributed by atoms with Crippen LogP contribution in [0.3, 0.4) is 0 Å². The number of hydrogen-bond donors (Lipinski definition) is 1. The largest absolute Gasteiger partial charge is 0.337 e. The summed E-state index contributed by atoms with van der Waals surface area (Å²) in [5.41, 5.74) is 0.0203. The molecule has 1 N–H and O–H groups in total. The van der Waals surface area contributed by atoms with Gasteiger partial charge in [-0.3, -0.25) is 4.79 Å². The number of nitrogens with one attached hydrogen (secondary N) is 1. The van der Waals surface area contributed by atoms with Crippen LogP contribution in [0.15, 0.2) is 12.7 Å². The van der Waals surface area contributed by atoms with Crippen molar-refractivity contribution in [3.05, 3.63) is 12.7 Å². The fourth-order valence-electron chi connectivity index (χ4n) is 3.21. The van der Waals surface area contributed by atoms with Gasteiger partial charge in [0.2, 0.25) is 5.91 Å². The molecule has 2 aliphatic rings. The number of nitrogens with zero attached hydrogens (tertiary/aromatic N) is 1. The Hall–Kier alpha value is -0.830. The van der Waals surface area contributed by atoms with Gasteiger partial charge in [0, 0.05) is 31.6 Å². The van der Waals surface area contributed by atoms with E-state index in [1.165, 1.54) is 0 Å². The van der Waals surface area contributed by atoms with E-state index >= 15 is 0 Å². The van der Waals surface area contributed by atoms with E-state index in [1.807, 2.05) is 6.08 Å². The third-order valence-electron chi connectivity index (χ3n) is 4.22. The molecule has 2 unspecified atom stereocenters. The Bertz CT molecular complexity index is 298. The molecule has 1 amide bonds. The zero-order chi connectivity index (χ0) is 11.8. The molecule has 2 saturated heterocycles. The maximum absolute atomic E-state index is 12.1. The van der Waals surface area contributed by atoms with E-state index in [9.17, 15) is 4.79 Å². The van der Waals surface area contributed by atoms with Gasteiger partial charge in [-0.25, -0.2) is 0 Å². The number of amides is 1. The minimum atomic E-state index is 0.0203. The van der Waals surface area contributed by atoms with Crippen molar-refractivity contribution in [3.8, 4) is 0 Å². The van der Waals surface area contributed by atoms with Crippen LogP contribution in [0.1, 0.15) is 26.7 Å². The van der Waals surface area contributed by atoms with E-state index in [1.54, 1.807) is 0 Å². The summed E-state index contributed by atoms with van der Waals surface area (Å²) in [5.74, 6) is 1.57. The zero-order valence-electron chi connectivity index (χ0n) is 10.3. The van der Waals surface area contributed by atoms with E-state index < -0.39 is 0 Å². The Kier molecular flexibility index (Phi) is 3.06. The first-order chi connectivity index (χ1) is 7.57. The van der Waals surface area contributed by atoms with E-state index in [0.29, 0.717) is 24.2 Å². The fourth-order valence-corrected chi connectivity index (χ4v) is 3.21. The summed E-state index contributed by atoms with van der Waals surface area (Å²) in [6.45, 7) is 11.1. The van der Waals surface area contributed by atoms with Gasteiger partial charge >= 0.3 is 0 Å². The second-order valence-electron chi connectivity index (χ2n) is 5.51. The molecule has 0 bridgehead atoms. The number of allylic oxidation sites excluding steroid dienone is 1. The highest BCUT2D eigenvalue weighted by Crippen LogP contribution is 2.40. The molecule has 2 heterocycles. The topological polar surface area (TPSA) is 32.3 Å². The van der Waals surface area contributed by atoms with Crippen molar-refractivity contribution < 1.29 is 4.79 Å². The van der Waals surface area contributed by atoms with Crippen LogP contribution >= 0.6 is 0 Å². The molecule has 16 heavy (non-hydrogen) atoms. The van der Waals surface area contributed by atoms with Crippen LogP contribution in [0.25, 0.3) is 0 Å². The standard InChI is InChI=1S/C13H22N2O/c1-4-5-6-12(16)15-9-10-7-14-8-11(10)13(15,2)3/h4,10-11,14H,1,5-9H2,2-3H3. The van der Waals surface area contributed by atoms with Crippen LogP contribution in [0, 0.1) is 11.8 Å². The molecule has 0 aromatic rings. The van der Waals surface area contributed by atoms with E-state index in [2.05, 4.69) is 30.6 Å². The monoisotopic (exact) mass is 222 g/mol. The summed E-state index contributed by atoms with van der Waals surface area (Å²) in [4.78, 5) is 14.2. The zero-order valence-corrected chi connectivity index (χ0v) is 10.3. The molecule has 0 radical (unpaired) electrons. The van der Waals surface area contributed by atoms with Crippen LogP contribution in [-0.2, 0) is 4.79 Å². The molecule has 0 aromatic carbocycles. The molecule has 3 nitrogen and oxygen atoms in total. The third kappa shape index (κ3) is 1.77. The Morgan fingerprint density at radius 2 is 2.31 bits per heavy atom. The third-order valence-corrected chi connectivity index (χ3v) is 4.22. The van der Waals surface area contributed by atoms with Crippen molar-refractivity contribution in [2.45, 2.75) is 32.2 Å². The Morgan fingerprint density at radius 3 is 2.94 bits per heavy atom. The lowest BCUT2D eigenvalue weighted by Crippen LogP contribution is -2.47. The van der Waals surface area contributed by atoms with Gasteiger partial charge in [0.05, 0.1) is 0 Å². The second-order valence-corrected chi connectivity index (χ2v) is 5.51. The Balaban J connectivity index is 2.06. The summed E-state index contributed by atoms with van der Waals surface area (Å²) in [6, 6.07) is 0. The molecule has 3 heteroatoms. The average molecular weight is 222 g/mol. The maximum atomic E-state index is 12.1. The van der Waals surface area contributed by atoms with Crippen molar-refractivity contribution in [2.24, 2.45) is 11.8 Å². The lowest BCUT2D eigenvalue weighted by atomic mass is 9.85. The van der Waals surface area contributed by atoms with E-state index in [-0.39, 0.29) is 5.54 Å². The molecule has 2 atom stereocenters. The summed E-state index contributed by atoms with van der Waals surface area (Å²) in [6.07, 6.45) is 3.22. The minimum Gasteiger partial charge on any atom is -0.337 e. The highest BCUT2D eigenvalue weighted by Gasteiger charge is 2.50. The molecule has 2 rings (SSSR count). The number of likely N-dealkylation sites (tertiary alicyclic amines) is 1. The Morgan fingerprint density at radius 1 is 1.56 bits per heavy atom. The minimum absolute atomic E-state index is 0.0203. The number of carbonyl (C=O) groups is 1. The molecule has 0 aliphatic carbocycles. The molecule has 0 spiro atoms. The van der Waals surface area contributed by atoms with Gasteiger partial charge in [-0.15, -0.1) is 6.58 Å². The van der Waals surface area contributed by atoms with Crippen LogP contribution in [0.5, 0.6) is 0 Å². The molecule has 0 saturated carbocycles. The van der Waals surface area contributed by atoms with Gasteiger partial charge in [-0.1, -0.05) is 6.08 Å². The van der Waals surface area contributed by atoms with Crippen LogP contribution < -0.4 is 5.32 Å². The predicted octanol–water partition coefficient (Wildman–Crippen LogP) is 1.41. The molecular weight excluding hydrogens is 200 g/mol. The highest BCUT2D eigenvalue weighted by atomic mass is 16.2. The van der Waals surface area contributed by atoms with Crippen molar-refractivity contribution in [2.75, 3.05) is 19.6 Å². The normalized spacial score (nSPS) is 31.5. The summed E-state index contributed by atoms with van der Waals surface area (Å²) in [7, 11) is 0. The van der Waals surface area contributed by atoms with Gasteiger partial charge in [0.15, 0.2) is 0 Å². The summed E-state index contributed by atoms with van der Waals surface area (Å²) >= 11 is 0. The molecule has 2 fully saturated rings. The van der Waals surface area contributed by atoms with Crippen molar-refractivity contribution >= 4 is 5.91 Å². The smallest absolute Gasteiger partial charge is 0.223 e. The van der Waals surface area contributed by atoms with Crippen LogP contribution in [-0.4, -0.2) is 36.0 Å². The van der Waals surface area contributed by atoms with Crippen molar-refractivity contribution in [1.29, 1.82) is 0 Å². The first-order valence-electron chi connectivity index (χ1n) is 6.19. The number of fused-ring (bicyclic) bond motifs is 1. The molecule has 0 aromatic heterocycles. The van der Waals surface area contributed by atoms with Gasteiger partial charge in [0.25, 0.3) is 0 Å². The van der Waals surface area contributed by atoms with Crippen LogP contribution in [0.2, 0.25) is 0 Å². The quantitative estimate of drug-likeness (QED) is 0.732. The maximum Gasteiger partial charge on any atom is 0.223 e. The van der Waals surface area contributed by atoms with E-state index in [0.717, 1.165) is 26.1 Å². The summed E-state index contributed by atoms with van der Waals surface area (Å²) < 4.78 is 0. The number of hydrogen-bond acceptors (Lipinski definition) is 2. The lowest BCUT2D eigenvalue weighted by Gasteiger charge is -2.35. The predicted molar refractivity (Wildman–Crippen MR) is 65.1 cm³/mol. The fraction of sp³-hybridized carbons (Fsp3) is 0.769. The first kappa shape index (κ1) is 11.6. The molecule has 90 valence electrons. The SMILES string of the molecule is C=CCCC(=O)N1CC2CNCC2C1(C)C. The van der Waals surface area contributed by atoms with Gasteiger partial charge in [-0.05, 0) is 32.1 Å². The Labute approximate surface area is 97.9 Å². The van der Waals surface area contributed by atoms with Crippen molar-refractivity contribution in [3.63, 3.8) is 0 Å². The van der Waals surface area contributed by atoms with E-state index in [4.69, 9.17) is 0 Å². The van der Waals surface area contributed by atoms with Gasteiger partial charge in [0.1, 0.15) is 0 Å². The van der Waals surface area contributed by atoms with Gasteiger partial charge in [-0.2, -0.15) is 0 Å². The summed E-state index contributed by atoms with van der Waals surface area (Å²) in [5, 5.41) is 3.43. The average Bonchev–Trinajstić information content (AvgIpc) is 2.78.